The minimum absolute atomic E-state index is 0.105. The monoisotopic (exact) mass is 263 g/mol. The first-order valence-corrected chi connectivity index (χ1v) is 7.61. The molecule has 0 aromatic rings. The molecule has 3 N–H and O–H groups in total. The van der Waals surface area contributed by atoms with Crippen molar-refractivity contribution < 1.29 is 13.2 Å². The SMILES string of the molecule is CCCS(=O)(=O)N1CCCC1C(=O)NCCN. The number of nitrogens with zero attached hydrogens (tertiary/aromatic N) is 1. The predicted octanol–water partition coefficient (Wildman–Crippen LogP) is -0.734. The number of rotatable bonds is 6. The Hall–Kier alpha value is -0.660. The molecule has 1 aliphatic heterocycles. The van der Waals surface area contributed by atoms with E-state index in [2.05, 4.69) is 5.32 Å². The van der Waals surface area contributed by atoms with Crippen molar-refractivity contribution in [3.8, 4) is 0 Å². The summed E-state index contributed by atoms with van der Waals surface area (Å²) in [6.07, 6.45) is 1.90. The van der Waals surface area contributed by atoms with Crippen molar-refractivity contribution in [1.82, 2.24) is 9.62 Å². The molecule has 1 saturated heterocycles. The fourth-order valence-corrected chi connectivity index (χ4v) is 3.77. The number of sulfonamides is 1. The van der Waals surface area contributed by atoms with Gasteiger partial charge in [0.05, 0.1) is 5.75 Å². The molecule has 1 unspecified atom stereocenters. The van der Waals surface area contributed by atoms with Crippen LogP contribution in [0, 0.1) is 0 Å². The van der Waals surface area contributed by atoms with Crippen LogP contribution in [0.25, 0.3) is 0 Å². The van der Waals surface area contributed by atoms with Gasteiger partial charge in [0.25, 0.3) is 0 Å². The van der Waals surface area contributed by atoms with Crippen molar-refractivity contribution >= 4 is 15.9 Å². The molecule has 6 nitrogen and oxygen atoms in total. The standard InChI is InChI=1S/C10H21N3O3S/c1-2-8-17(15,16)13-7-3-4-9(13)10(14)12-6-5-11/h9H,2-8,11H2,1H3,(H,12,14). The van der Waals surface area contributed by atoms with Gasteiger partial charge in [-0.05, 0) is 19.3 Å². The molecule has 1 rings (SSSR count). The highest BCUT2D eigenvalue weighted by atomic mass is 32.2. The Morgan fingerprint density at radius 3 is 2.82 bits per heavy atom. The van der Waals surface area contributed by atoms with Crippen molar-refractivity contribution in [2.24, 2.45) is 5.73 Å². The summed E-state index contributed by atoms with van der Waals surface area (Å²) in [6, 6.07) is -0.543. The summed E-state index contributed by atoms with van der Waals surface area (Å²) in [5, 5.41) is 2.65. The lowest BCUT2D eigenvalue weighted by atomic mass is 10.2. The van der Waals surface area contributed by atoms with Crippen LogP contribution in [0.5, 0.6) is 0 Å². The van der Waals surface area contributed by atoms with Gasteiger partial charge >= 0.3 is 0 Å². The Bertz CT molecular complexity index is 356. The van der Waals surface area contributed by atoms with Gasteiger partial charge in [0.15, 0.2) is 0 Å². The van der Waals surface area contributed by atoms with Crippen molar-refractivity contribution in [2.45, 2.75) is 32.2 Å². The summed E-state index contributed by atoms with van der Waals surface area (Å²) in [4.78, 5) is 11.8. The Morgan fingerprint density at radius 2 is 2.24 bits per heavy atom. The van der Waals surface area contributed by atoms with E-state index in [-0.39, 0.29) is 11.7 Å². The van der Waals surface area contributed by atoms with Crippen LogP contribution >= 0.6 is 0 Å². The van der Waals surface area contributed by atoms with Crippen LogP contribution in [0.4, 0.5) is 0 Å². The lowest BCUT2D eigenvalue weighted by Crippen LogP contribution is -2.47. The van der Waals surface area contributed by atoms with E-state index in [1.54, 1.807) is 0 Å². The normalized spacial score (nSPS) is 21.6. The van der Waals surface area contributed by atoms with Crippen molar-refractivity contribution in [3.63, 3.8) is 0 Å². The third-order valence-corrected chi connectivity index (χ3v) is 4.85. The van der Waals surface area contributed by atoms with E-state index < -0.39 is 16.1 Å². The lowest BCUT2D eigenvalue weighted by Gasteiger charge is -2.23. The second kappa shape index (κ2) is 6.32. The molecule has 7 heteroatoms. The zero-order valence-electron chi connectivity index (χ0n) is 10.2. The summed E-state index contributed by atoms with van der Waals surface area (Å²) in [7, 11) is -3.29. The van der Waals surface area contributed by atoms with Gasteiger partial charge in [0.2, 0.25) is 15.9 Å². The summed E-state index contributed by atoms with van der Waals surface area (Å²) in [5.41, 5.74) is 5.30. The van der Waals surface area contributed by atoms with Crippen LogP contribution in [0.15, 0.2) is 0 Å². The second-order valence-electron chi connectivity index (χ2n) is 4.16. The van der Waals surface area contributed by atoms with Crippen LogP contribution in [0.1, 0.15) is 26.2 Å². The zero-order chi connectivity index (χ0) is 12.9. The third kappa shape index (κ3) is 3.65. The van der Waals surface area contributed by atoms with Crippen LogP contribution in [-0.4, -0.2) is 50.1 Å². The van der Waals surface area contributed by atoms with E-state index in [0.717, 1.165) is 6.42 Å². The smallest absolute Gasteiger partial charge is 0.238 e. The average molecular weight is 263 g/mol. The Balaban J connectivity index is 2.69. The molecule has 1 amide bonds. The summed E-state index contributed by atoms with van der Waals surface area (Å²) >= 11 is 0. The van der Waals surface area contributed by atoms with Crippen molar-refractivity contribution in [2.75, 3.05) is 25.4 Å². The molecule has 0 saturated carbocycles. The number of nitrogens with two attached hydrogens (primary N) is 1. The average Bonchev–Trinajstić information content (AvgIpc) is 2.75. The van der Waals surface area contributed by atoms with Crippen LogP contribution in [0.3, 0.4) is 0 Å². The van der Waals surface area contributed by atoms with Gasteiger partial charge in [0, 0.05) is 19.6 Å². The highest BCUT2D eigenvalue weighted by molar-refractivity contribution is 7.89. The number of hydrogen-bond acceptors (Lipinski definition) is 4. The molecule has 1 heterocycles. The van der Waals surface area contributed by atoms with Crippen LogP contribution < -0.4 is 11.1 Å². The van der Waals surface area contributed by atoms with Gasteiger partial charge in [0.1, 0.15) is 6.04 Å². The molecular weight excluding hydrogens is 242 g/mol. The Morgan fingerprint density at radius 1 is 1.53 bits per heavy atom. The predicted molar refractivity (Wildman–Crippen MR) is 65.9 cm³/mol. The molecule has 0 spiro atoms. The molecule has 0 aliphatic carbocycles. The first-order valence-electron chi connectivity index (χ1n) is 6.00. The number of nitrogens with one attached hydrogen (secondary N) is 1. The van der Waals surface area contributed by atoms with E-state index in [4.69, 9.17) is 5.73 Å². The van der Waals surface area contributed by atoms with Gasteiger partial charge < -0.3 is 11.1 Å². The minimum Gasteiger partial charge on any atom is -0.353 e. The topological polar surface area (TPSA) is 92.5 Å². The van der Waals surface area contributed by atoms with Crippen molar-refractivity contribution in [3.05, 3.63) is 0 Å². The molecule has 0 aromatic heterocycles. The fourth-order valence-electron chi connectivity index (χ4n) is 2.02. The first-order chi connectivity index (χ1) is 8.03. The van der Waals surface area contributed by atoms with Crippen LogP contribution in [-0.2, 0) is 14.8 Å². The summed E-state index contributed by atoms with van der Waals surface area (Å²) < 4.78 is 25.2. The molecule has 0 aromatic carbocycles. The van der Waals surface area contributed by atoms with Gasteiger partial charge in [-0.3, -0.25) is 4.79 Å². The maximum Gasteiger partial charge on any atom is 0.238 e. The molecule has 0 bridgehead atoms. The second-order valence-corrected chi connectivity index (χ2v) is 6.21. The van der Waals surface area contributed by atoms with Gasteiger partial charge in [-0.1, -0.05) is 6.92 Å². The third-order valence-electron chi connectivity index (χ3n) is 2.77. The van der Waals surface area contributed by atoms with Crippen molar-refractivity contribution in [1.29, 1.82) is 0 Å². The first kappa shape index (κ1) is 14.4. The maximum absolute atomic E-state index is 11.9. The fraction of sp³-hybridized carbons (Fsp3) is 0.900. The number of hydrogen-bond donors (Lipinski definition) is 2. The molecule has 1 atom stereocenters. The van der Waals surface area contributed by atoms with Gasteiger partial charge in [-0.15, -0.1) is 0 Å². The molecule has 1 fully saturated rings. The highest BCUT2D eigenvalue weighted by Crippen LogP contribution is 2.21. The van der Waals surface area contributed by atoms with E-state index in [0.29, 0.717) is 32.5 Å². The maximum atomic E-state index is 11.9. The molecular formula is C10H21N3O3S. The van der Waals surface area contributed by atoms with Gasteiger partial charge in [-0.25, -0.2) is 8.42 Å². The van der Waals surface area contributed by atoms with Gasteiger partial charge in [-0.2, -0.15) is 4.31 Å². The minimum atomic E-state index is -3.29. The lowest BCUT2D eigenvalue weighted by molar-refractivity contribution is -0.124. The zero-order valence-corrected chi connectivity index (χ0v) is 11.0. The van der Waals surface area contributed by atoms with Crippen LogP contribution in [0.2, 0.25) is 0 Å². The number of carbonyl (C=O) groups is 1. The van der Waals surface area contributed by atoms with E-state index in [9.17, 15) is 13.2 Å². The highest BCUT2D eigenvalue weighted by Gasteiger charge is 2.37. The largest absolute Gasteiger partial charge is 0.353 e. The summed E-state index contributed by atoms with van der Waals surface area (Å²) in [5.74, 6) is -0.124. The summed E-state index contributed by atoms with van der Waals surface area (Å²) in [6.45, 7) is 3.01. The quantitative estimate of drug-likeness (QED) is 0.660. The Labute approximate surface area is 103 Å². The molecule has 17 heavy (non-hydrogen) atoms. The molecule has 1 aliphatic rings. The molecule has 0 radical (unpaired) electrons. The van der Waals surface area contributed by atoms with E-state index in [1.807, 2.05) is 6.92 Å². The molecule has 100 valence electrons. The number of carbonyl (C=O) groups excluding carboxylic acids is 1. The van der Waals surface area contributed by atoms with E-state index >= 15 is 0 Å². The Kier molecular flexibility index (Phi) is 5.35. The number of amides is 1. The van der Waals surface area contributed by atoms with E-state index in [1.165, 1.54) is 4.31 Å².